The summed E-state index contributed by atoms with van der Waals surface area (Å²) in [6, 6.07) is 12.7. The Kier molecular flexibility index (Phi) is 4.15. The molecular weight excluding hydrogens is 282 g/mol. The van der Waals surface area contributed by atoms with Crippen LogP contribution in [0.5, 0.6) is 5.75 Å². The number of para-hydroxylation sites is 1. The van der Waals surface area contributed by atoms with E-state index in [4.69, 9.17) is 9.15 Å². The molecule has 5 heteroatoms. The van der Waals surface area contributed by atoms with E-state index in [0.29, 0.717) is 19.5 Å². The summed E-state index contributed by atoms with van der Waals surface area (Å²) in [6.07, 6.45) is 0.351. The maximum absolute atomic E-state index is 11.5. The lowest BCUT2D eigenvalue weighted by Gasteiger charge is -2.19. The average Bonchev–Trinajstić information content (AvgIpc) is 3.07. The van der Waals surface area contributed by atoms with Crippen LogP contribution in [0.1, 0.15) is 17.9 Å². The van der Waals surface area contributed by atoms with Gasteiger partial charge in [0.1, 0.15) is 29.4 Å². The van der Waals surface area contributed by atoms with Crippen molar-refractivity contribution in [1.82, 2.24) is 4.90 Å². The molecule has 0 amide bonds. The first-order valence-corrected chi connectivity index (χ1v) is 7.35. The zero-order valence-electron chi connectivity index (χ0n) is 12.4. The molecule has 22 heavy (non-hydrogen) atoms. The number of likely N-dealkylation sites (tertiary alicyclic amines) is 1. The van der Waals surface area contributed by atoms with E-state index in [-0.39, 0.29) is 6.10 Å². The van der Waals surface area contributed by atoms with Crippen molar-refractivity contribution >= 4 is 5.97 Å². The number of ether oxygens (including phenoxy) is 1. The van der Waals surface area contributed by atoms with Crippen LogP contribution in [0.2, 0.25) is 0 Å². The van der Waals surface area contributed by atoms with Crippen molar-refractivity contribution in [2.75, 3.05) is 6.54 Å². The third kappa shape index (κ3) is 3.31. The first-order chi connectivity index (χ1) is 10.6. The predicted octanol–water partition coefficient (Wildman–Crippen LogP) is 2.69. The molecule has 0 radical (unpaired) electrons. The molecule has 116 valence electrons. The molecule has 1 aliphatic heterocycles. The molecule has 1 saturated heterocycles. The van der Waals surface area contributed by atoms with Crippen LogP contribution in [-0.2, 0) is 11.3 Å². The predicted molar refractivity (Wildman–Crippen MR) is 80.8 cm³/mol. The summed E-state index contributed by atoms with van der Waals surface area (Å²) in [6.45, 7) is 2.94. The number of hydrogen-bond donors (Lipinski definition) is 1. The first-order valence-electron chi connectivity index (χ1n) is 7.35. The van der Waals surface area contributed by atoms with Crippen LogP contribution in [0, 0.1) is 6.92 Å². The summed E-state index contributed by atoms with van der Waals surface area (Å²) in [7, 11) is 0. The van der Waals surface area contributed by atoms with Crippen molar-refractivity contribution < 1.29 is 19.1 Å². The fourth-order valence-electron chi connectivity index (χ4n) is 2.84. The lowest BCUT2D eigenvalue weighted by Crippen LogP contribution is -2.35. The second-order valence-electron chi connectivity index (χ2n) is 5.58. The number of carbonyl (C=O) groups is 1. The third-order valence-corrected chi connectivity index (χ3v) is 3.85. The molecule has 3 rings (SSSR count). The van der Waals surface area contributed by atoms with Gasteiger partial charge in [0.15, 0.2) is 0 Å². The number of furan rings is 1. The standard InChI is InChI=1S/C17H19NO4/c1-12-7-8-14(21-12)10-18-11-15(9-16(18)17(19)20)22-13-5-3-2-4-6-13/h2-8,15-16H,9-11H2,1H3,(H,19,20)/t15-,16-/m0/s1. The summed E-state index contributed by atoms with van der Waals surface area (Å²) in [5.74, 6) is 1.57. The second kappa shape index (κ2) is 6.23. The van der Waals surface area contributed by atoms with Crippen LogP contribution >= 0.6 is 0 Å². The highest BCUT2D eigenvalue weighted by atomic mass is 16.5. The molecule has 2 heterocycles. The van der Waals surface area contributed by atoms with E-state index in [1.165, 1.54) is 0 Å². The number of rotatable bonds is 5. The summed E-state index contributed by atoms with van der Waals surface area (Å²) >= 11 is 0. The molecule has 0 bridgehead atoms. The molecule has 0 spiro atoms. The lowest BCUT2D eigenvalue weighted by molar-refractivity contribution is -0.142. The molecule has 1 aromatic carbocycles. The van der Waals surface area contributed by atoms with Crippen molar-refractivity contribution in [3.05, 3.63) is 54.0 Å². The Labute approximate surface area is 129 Å². The normalized spacial score (nSPS) is 21.9. The highest BCUT2D eigenvalue weighted by Crippen LogP contribution is 2.25. The van der Waals surface area contributed by atoms with Gasteiger partial charge in [0.2, 0.25) is 0 Å². The Bertz CT molecular complexity index is 637. The summed E-state index contributed by atoms with van der Waals surface area (Å²) < 4.78 is 11.4. The molecule has 1 aliphatic rings. The number of aliphatic carboxylic acids is 1. The van der Waals surface area contributed by atoms with Crippen molar-refractivity contribution in [3.63, 3.8) is 0 Å². The maximum atomic E-state index is 11.5. The van der Waals surface area contributed by atoms with Crippen LogP contribution in [0.25, 0.3) is 0 Å². The highest BCUT2D eigenvalue weighted by molar-refractivity contribution is 5.74. The minimum Gasteiger partial charge on any atom is -0.489 e. The number of benzene rings is 1. The molecule has 1 N–H and O–H groups in total. The molecule has 2 aromatic rings. The summed E-state index contributed by atoms with van der Waals surface area (Å²) in [5.41, 5.74) is 0. The Balaban J connectivity index is 1.68. The SMILES string of the molecule is Cc1ccc(CN2C[C@@H](Oc3ccccc3)C[C@H]2C(=O)O)o1. The van der Waals surface area contributed by atoms with Gasteiger partial charge in [-0.05, 0) is 31.2 Å². The van der Waals surface area contributed by atoms with Gasteiger partial charge in [-0.15, -0.1) is 0 Å². The van der Waals surface area contributed by atoms with E-state index < -0.39 is 12.0 Å². The van der Waals surface area contributed by atoms with Gasteiger partial charge in [-0.25, -0.2) is 0 Å². The molecule has 5 nitrogen and oxygen atoms in total. The molecule has 0 unspecified atom stereocenters. The number of aryl methyl sites for hydroxylation is 1. The zero-order valence-corrected chi connectivity index (χ0v) is 12.4. The van der Waals surface area contributed by atoms with Crippen LogP contribution < -0.4 is 4.74 Å². The van der Waals surface area contributed by atoms with Crippen LogP contribution in [0.3, 0.4) is 0 Å². The van der Waals surface area contributed by atoms with Crippen molar-refractivity contribution in [3.8, 4) is 5.75 Å². The minimum atomic E-state index is -0.817. The average molecular weight is 301 g/mol. The van der Waals surface area contributed by atoms with Gasteiger partial charge in [0, 0.05) is 13.0 Å². The molecule has 0 aliphatic carbocycles. The summed E-state index contributed by atoms with van der Waals surface area (Å²) in [4.78, 5) is 13.4. The van der Waals surface area contributed by atoms with Gasteiger partial charge in [-0.1, -0.05) is 18.2 Å². The van der Waals surface area contributed by atoms with Crippen LogP contribution in [0.4, 0.5) is 0 Å². The van der Waals surface area contributed by atoms with Gasteiger partial charge in [0.25, 0.3) is 0 Å². The highest BCUT2D eigenvalue weighted by Gasteiger charge is 2.38. The number of carboxylic acid groups (broad SMARTS) is 1. The van der Waals surface area contributed by atoms with E-state index >= 15 is 0 Å². The van der Waals surface area contributed by atoms with Gasteiger partial charge < -0.3 is 14.3 Å². The van der Waals surface area contributed by atoms with Crippen molar-refractivity contribution in [1.29, 1.82) is 0 Å². The number of hydrogen-bond acceptors (Lipinski definition) is 4. The fraction of sp³-hybridized carbons (Fsp3) is 0.353. The molecular formula is C17H19NO4. The van der Waals surface area contributed by atoms with E-state index in [2.05, 4.69) is 0 Å². The van der Waals surface area contributed by atoms with Crippen LogP contribution in [0.15, 0.2) is 46.9 Å². The number of nitrogens with zero attached hydrogens (tertiary/aromatic N) is 1. The fourth-order valence-corrected chi connectivity index (χ4v) is 2.84. The van der Waals surface area contributed by atoms with Gasteiger partial charge in [-0.2, -0.15) is 0 Å². The number of carboxylic acids is 1. The topological polar surface area (TPSA) is 62.9 Å². The third-order valence-electron chi connectivity index (χ3n) is 3.85. The molecule has 1 fully saturated rings. The molecule has 2 atom stereocenters. The second-order valence-corrected chi connectivity index (χ2v) is 5.58. The van der Waals surface area contributed by atoms with Crippen molar-refractivity contribution in [2.45, 2.75) is 32.0 Å². The van der Waals surface area contributed by atoms with Gasteiger partial charge in [0.05, 0.1) is 6.54 Å². The van der Waals surface area contributed by atoms with E-state index in [1.807, 2.05) is 54.3 Å². The van der Waals surface area contributed by atoms with E-state index in [9.17, 15) is 9.90 Å². The molecule has 0 saturated carbocycles. The Hall–Kier alpha value is -2.27. The van der Waals surface area contributed by atoms with Gasteiger partial charge in [-0.3, -0.25) is 9.69 Å². The lowest BCUT2D eigenvalue weighted by atomic mass is 10.2. The van der Waals surface area contributed by atoms with Crippen LogP contribution in [-0.4, -0.2) is 34.7 Å². The smallest absolute Gasteiger partial charge is 0.321 e. The largest absolute Gasteiger partial charge is 0.489 e. The minimum absolute atomic E-state index is 0.125. The van der Waals surface area contributed by atoms with E-state index in [1.54, 1.807) is 0 Å². The Morgan fingerprint density at radius 1 is 1.32 bits per heavy atom. The maximum Gasteiger partial charge on any atom is 0.321 e. The summed E-state index contributed by atoms with van der Waals surface area (Å²) in [5, 5.41) is 9.42. The monoisotopic (exact) mass is 301 g/mol. The molecule has 1 aromatic heterocycles. The first kappa shape index (κ1) is 14.7. The Morgan fingerprint density at radius 3 is 2.73 bits per heavy atom. The quantitative estimate of drug-likeness (QED) is 0.920. The Morgan fingerprint density at radius 2 is 2.09 bits per heavy atom. The van der Waals surface area contributed by atoms with Gasteiger partial charge >= 0.3 is 5.97 Å². The van der Waals surface area contributed by atoms with E-state index in [0.717, 1.165) is 17.3 Å². The zero-order chi connectivity index (χ0) is 15.5. The van der Waals surface area contributed by atoms with Crippen molar-refractivity contribution in [2.24, 2.45) is 0 Å².